The molecule has 1 N–H and O–H groups in total. The minimum Gasteiger partial charge on any atom is -0.325 e. The molecule has 1 aromatic heterocycles. The molecule has 3 rings (SSSR count). The number of tetrazole rings is 1. The van der Waals surface area contributed by atoms with Crippen LogP contribution in [0.3, 0.4) is 0 Å². The number of rotatable bonds is 6. The van der Waals surface area contributed by atoms with E-state index in [0.717, 1.165) is 11.3 Å². The molecule has 0 aliphatic carbocycles. The Morgan fingerprint density at radius 3 is 2.78 bits per heavy atom. The summed E-state index contributed by atoms with van der Waals surface area (Å²) in [5.41, 5.74) is 2.10. The van der Waals surface area contributed by atoms with Crippen LogP contribution in [0.25, 0.3) is 5.69 Å². The van der Waals surface area contributed by atoms with E-state index >= 15 is 0 Å². The van der Waals surface area contributed by atoms with Crippen molar-refractivity contribution < 1.29 is 9.72 Å². The number of benzene rings is 2. The van der Waals surface area contributed by atoms with E-state index in [9.17, 15) is 14.9 Å². The smallest absolute Gasteiger partial charge is 0.271 e. The molecule has 0 fully saturated rings. The number of carbonyl (C=O) groups is 1. The number of nitrogens with one attached hydrogen (secondary N) is 1. The van der Waals surface area contributed by atoms with Gasteiger partial charge >= 0.3 is 0 Å². The van der Waals surface area contributed by atoms with Gasteiger partial charge in [0, 0.05) is 17.8 Å². The van der Waals surface area contributed by atoms with E-state index in [1.54, 1.807) is 17.7 Å². The van der Waals surface area contributed by atoms with Gasteiger partial charge in [-0.05, 0) is 42.0 Å². The average molecular weight is 384 g/mol. The Bertz CT molecular complexity index is 990. The summed E-state index contributed by atoms with van der Waals surface area (Å²) in [5.74, 6) is -0.306. The number of thioether (sulfide) groups is 1. The molecular weight excluding hydrogens is 368 g/mol. The van der Waals surface area contributed by atoms with Crippen LogP contribution in [0.15, 0.2) is 53.7 Å². The second-order valence-electron chi connectivity index (χ2n) is 5.72. The molecule has 0 aliphatic rings. The van der Waals surface area contributed by atoms with Gasteiger partial charge in [-0.25, -0.2) is 0 Å². The van der Waals surface area contributed by atoms with E-state index in [2.05, 4.69) is 20.8 Å². The number of amides is 1. The third-order valence-corrected chi connectivity index (χ3v) is 4.79. The quantitative estimate of drug-likeness (QED) is 0.394. The number of nitro benzene ring substituents is 1. The van der Waals surface area contributed by atoms with Gasteiger partial charge in [-0.3, -0.25) is 14.9 Å². The van der Waals surface area contributed by atoms with Crippen molar-refractivity contribution in [3.63, 3.8) is 0 Å². The number of carbonyl (C=O) groups excluding carboxylic acids is 1. The van der Waals surface area contributed by atoms with E-state index in [1.807, 2.05) is 31.2 Å². The van der Waals surface area contributed by atoms with Crippen LogP contribution in [-0.2, 0) is 4.79 Å². The fourth-order valence-corrected chi connectivity index (χ4v) is 3.16. The number of anilines is 1. The van der Waals surface area contributed by atoms with Gasteiger partial charge in [0.1, 0.15) is 0 Å². The zero-order valence-corrected chi connectivity index (χ0v) is 15.4. The lowest BCUT2D eigenvalue weighted by atomic mass is 10.2. The van der Waals surface area contributed by atoms with Crippen LogP contribution in [0.4, 0.5) is 11.4 Å². The first-order valence-corrected chi connectivity index (χ1v) is 8.90. The molecule has 3 aromatic rings. The fraction of sp³-hybridized carbons (Fsp3) is 0.176. The summed E-state index contributed by atoms with van der Waals surface area (Å²) in [5, 5.41) is 25.2. The summed E-state index contributed by atoms with van der Waals surface area (Å²) >= 11 is 1.20. The number of non-ortho nitro benzene ring substituents is 1. The minimum absolute atomic E-state index is 0.0865. The van der Waals surface area contributed by atoms with Crippen LogP contribution in [0.5, 0.6) is 0 Å². The molecule has 1 heterocycles. The van der Waals surface area contributed by atoms with Gasteiger partial charge in [0.2, 0.25) is 11.1 Å². The van der Waals surface area contributed by atoms with Crippen molar-refractivity contribution in [2.75, 3.05) is 5.32 Å². The summed E-state index contributed by atoms with van der Waals surface area (Å²) in [6, 6.07) is 13.4. The molecule has 0 saturated carbocycles. The number of hydrogen-bond donors (Lipinski definition) is 1. The van der Waals surface area contributed by atoms with Crippen molar-refractivity contribution in [2.24, 2.45) is 0 Å². The molecule has 1 amide bonds. The van der Waals surface area contributed by atoms with Crippen molar-refractivity contribution >= 4 is 29.0 Å². The monoisotopic (exact) mass is 384 g/mol. The first-order chi connectivity index (χ1) is 13.0. The Labute approximate surface area is 158 Å². The summed E-state index contributed by atoms with van der Waals surface area (Å²) in [4.78, 5) is 22.8. The summed E-state index contributed by atoms with van der Waals surface area (Å²) < 4.78 is 1.58. The second-order valence-corrected chi connectivity index (χ2v) is 7.02. The number of nitrogens with zero attached hydrogens (tertiary/aromatic N) is 5. The molecule has 1 atom stereocenters. The Morgan fingerprint density at radius 2 is 2.04 bits per heavy atom. The van der Waals surface area contributed by atoms with Gasteiger partial charge in [0.25, 0.3) is 5.69 Å². The van der Waals surface area contributed by atoms with E-state index in [-0.39, 0.29) is 11.6 Å². The Hall–Kier alpha value is -3.27. The summed E-state index contributed by atoms with van der Waals surface area (Å²) in [6.45, 7) is 3.66. The maximum absolute atomic E-state index is 12.5. The fourth-order valence-electron chi connectivity index (χ4n) is 2.36. The van der Waals surface area contributed by atoms with E-state index in [0.29, 0.717) is 10.8 Å². The topological polar surface area (TPSA) is 116 Å². The van der Waals surface area contributed by atoms with Crippen LogP contribution in [0, 0.1) is 17.0 Å². The van der Waals surface area contributed by atoms with Crippen LogP contribution < -0.4 is 5.32 Å². The van der Waals surface area contributed by atoms with Crippen molar-refractivity contribution in [1.29, 1.82) is 0 Å². The van der Waals surface area contributed by atoms with Crippen LogP contribution in [0.1, 0.15) is 12.5 Å². The molecule has 2 aromatic carbocycles. The SMILES string of the molecule is Cc1ccccc1-n1nnnc1S[C@@H](C)C(=O)Nc1cccc([N+](=O)[O-])c1. The molecule has 10 heteroatoms. The molecular formula is C17H16N6O3S. The van der Waals surface area contributed by atoms with E-state index in [4.69, 9.17) is 0 Å². The molecule has 138 valence electrons. The van der Waals surface area contributed by atoms with Gasteiger partial charge in [-0.2, -0.15) is 4.68 Å². The lowest BCUT2D eigenvalue weighted by molar-refractivity contribution is -0.384. The summed E-state index contributed by atoms with van der Waals surface area (Å²) in [7, 11) is 0. The maximum Gasteiger partial charge on any atom is 0.271 e. The molecule has 9 nitrogen and oxygen atoms in total. The van der Waals surface area contributed by atoms with Crippen LogP contribution >= 0.6 is 11.8 Å². The highest BCUT2D eigenvalue weighted by atomic mass is 32.2. The van der Waals surface area contributed by atoms with Crippen molar-refractivity contribution in [3.05, 3.63) is 64.2 Å². The van der Waals surface area contributed by atoms with Gasteiger partial charge < -0.3 is 5.32 Å². The van der Waals surface area contributed by atoms with Crippen LogP contribution in [0.2, 0.25) is 0 Å². The van der Waals surface area contributed by atoms with E-state index < -0.39 is 10.2 Å². The third-order valence-electron chi connectivity index (χ3n) is 3.76. The highest BCUT2D eigenvalue weighted by molar-refractivity contribution is 8.00. The highest BCUT2D eigenvalue weighted by Crippen LogP contribution is 2.25. The second kappa shape index (κ2) is 7.96. The standard InChI is InChI=1S/C17H16N6O3S/c1-11-6-3-4-9-15(11)22-17(19-20-21-22)27-12(2)16(24)18-13-7-5-8-14(10-13)23(25)26/h3-10,12H,1-2H3,(H,18,24)/t12-/m0/s1. The van der Waals surface area contributed by atoms with Crippen LogP contribution in [-0.4, -0.2) is 36.3 Å². The minimum atomic E-state index is -0.516. The first kappa shape index (κ1) is 18.5. The molecule has 0 unspecified atom stereocenters. The van der Waals surface area contributed by atoms with Gasteiger partial charge in [0.05, 0.1) is 15.9 Å². The third kappa shape index (κ3) is 4.29. The maximum atomic E-state index is 12.5. The zero-order chi connectivity index (χ0) is 19.4. The number of aromatic nitrogens is 4. The normalized spacial score (nSPS) is 11.8. The zero-order valence-electron chi connectivity index (χ0n) is 14.6. The summed E-state index contributed by atoms with van der Waals surface area (Å²) in [6.07, 6.45) is 0. The lowest BCUT2D eigenvalue weighted by Gasteiger charge is -2.12. The van der Waals surface area contributed by atoms with Crippen molar-refractivity contribution in [1.82, 2.24) is 20.2 Å². The largest absolute Gasteiger partial charge is 0.325 e. The lowest BCUT2D eigenvalue weighted by Crippen LogP contribution is -2.23. The molecule has 27 heavy (non-hydrogen) atoms. The number of nitro groups is 1. The molecule has 0 saturated heterocycles. The van der Waals surface area contributed by atoms with Gasteiger partial charge in [-0.15, -0.1) is 5.10 Å². The van der Waals surface area contributed by atoms with Crippen molar-refractivity contribution in [3.8, 4) is 5.69 Å². The average Bonchev–Trinajstić information content (AvgIpc) is 3.10. The predicted molar refractivity (Wildman–Crippen MR) is 101 cm³/mol. The Balaban J connectivity index is 1.73. The first-order valence-electron chi connectivity index (χ1n) is 8.02. The molecule has 0 aliphatic heterocycles. The number of para-hydroxylation sites is 1. The number of aryl methyl sites for hydroxylation is 1. The van der Waals surface area contributed by atoms with E-state index in [1.165, 1.54) is 30.0 Å². The Kier molecular flexibility index (Phi) is 5.46. The number of hydrogen-bond acceptors (Lipinski definition) is 7. The predicted octanol–water partition coefficient (Wildman–Crippen LogP) is 3.00. The Morgan fingerprint density at radius 1 is 1.26 bits per heavy atom. The van der Waals surface area contributed by atoms with Gasteiger partial charge in [0.15, 0.2) is 0 Å². The molecule has 0 radical (unpaired) electrons. The molecule has 0 spiro atoms. The van der Waals surface area contributed by atoms with Crippen molar-refractivity contribution in [2.45, 2.75) is 24.3 Å². The highest BCUT2D eigenvalue weighted by Gasteiger charge is 2.20. The molecule has 0 bridgehead atoms. The van der Waals surface area contributed by atoms with Gasteiger partial charge in [-0.1, -0.05) is 36.0 Å².